The van der Waals surface area contributed by atoms with E-state index in [1.165, 1.54) is 0 Å². The van der Waals surface area contributed by atoms with E-state index in [0.717, 1.165) is 0 Å². The Balaban J connectivity index is 2.18. The van der Waals surface area contributed by atoms with Crippen LogP contribution >= 0.6 is 0 Å². The van der Waals surface area contributed by atoms with Gasteiger partial charge in [0.2, 0.25) is 0 Å². The molecule has 2 saturated carbocycles. The van der Waals surface area contributed by atoms with Crippen LogP contribution < -0.4 is 0 Å². The minimum absolute atomic E-state index is 0.116. The van der Waals surface area contributed by atoms with E-state index in [1.54, 1.807) is 13.8 Å². The minimum Gasteiger partial charge on any atom is -0.459 e. The maximum Gasteiger partial charge on any atom is 0.312 e. The summed E-state index contributed by atoms with van der Waals surface area (Å²) in [6.07, 6.45) is -1.01. The monoisotopic (exact) mass is 284 g/mol. The van der Waals surface area contributed by atoms with Crippen molar-refractivity contribution in [3.63, 3.8) is 0 Å². The number of hydrogen-bond donors (Lipinski definition) is 3. The zero-order chi connectivity index (χ0) is 15.1. The van der Waals surface area contributed by atoms with Crippen LogP contribution in [0.4, 0.5) is 0 Å². The average molecular weight is 284 g/mol. The molecule has 20 heavy (non-hydrogen) atoms. The highest BCUT2D eigenvalue weighted by molar-refractivity contribution is 5.78. The largest absolute Gasteiger partial charge is 0.459 e. The lowest BCUT2D eigenvalue weighted by atomic mass is 9.51. The van der Waals surface area contributed by atoms with Gasteiger partial charge < -0.3 is 20.1 Å². The van der Waals surface area contributed by atoms with E-state index in [4.69, 9.17) is 4.74 Å². The average Bonchev–Trinajstić information content (AvgIpc) is 2.76. The number of esters is 1. The van der Waals surface area contributed by atoms with Gasteiger partial charge in [-0.3, -0.25) is 4.79 Å². The highest BCUT2D eigenvalue weighted by atomic mass is 16.6. The number of aliphatic hydroxyl groups excluding tert-OH is 1. The van der Waals surface area contributed by atoms with Gasteiger partial charge in [-0.2, -0.15) is 0 Å². The summed E-state index contributed by atoms with van der Waals surface area (Å²) in [7, 11) is 0. The fraction of sp³-hybridized carbons (Fsp3) is 0.933. The van der Waals surface area contributed by atoms with E-state index in [-0.39, 0.29) is 11.8 Å². The van der Waals surface area contributed by atoms with Crippen LogP contribution in [0.5, 0.6) is 0 Å². The summed E-state index contributed by atoms with van der Waals surface area (Å²) in [5.41, 5.74) is -3.77. The smallest absolute Gasteiger partial charge is 0.312 e. The van der Waals surface area contributed by atoms with Gasteiger partial charge in [0.25, 0.3) is 0 Å². The molecular weight excluding hydrogens is 260 g/mol. The molecule has 1 heterocycles. The highest BCUT2D eigenvalue weighted by Crippen LogP contribution is 2.66. The van der Waals surface area contributed by atoms with Crippen molar-refractivity contribution in [3.8, 4) is 0 Å². The van der Waals surface area contributed by atoms with Crippen LogP contribution in [-0.4, -0.2) is 44.7 Å². The SMILES string of the molecule is CC(C)C1C2OC(=O)C1C1(O)CCC(C)(O)C1(C)C2O. The topological polar surface area (TPSA) is 87.0 Å². The van der Waals surface area contributed by atoms with E-state index in [9.17, 15) is 20.1 Å². The lowest BCUT2D eigenvalue weighted by Gasteiger charge is -2.55. The Morgan fingerprint density at radius 1 is 1.25 bits per heavy atom. The normalized spacial score (nSPS) is 57.9. The first-order valence-electron chi connectivity index (χ1n) is 7.41. The summed E-state index contributed by atoms with van der Waals surface area (Å²) in [6.45, 7) is 7.26. The van der Waals surface area contributed by atoms with Crippen molar-refractivity contribution in [1.82, 2.24) is 0 Å². The van der Waals surface area contributed by atoms with Crippen LogP contribution in [0.15, 0.2) is 0 Å². The number of hydrogen-bond acceptors (Lipinski definition) is 5. The molecule has 3 fully saturated rings. The van der Waals surface area contributed by atoms with Crippen molar-refractivity contribution in [2.24, 2.45) is 23.2 Å². The van der Waals surface area contributed by atoms with E-state index >= 15 is 0 Å². The molecule has 2 bridgehead atoms. The van der Waals surface area contributed by atoms with Crippen molar-refractivity contribution in [2.75, 3.05) is 0 Å². The van der Waals surface area contributed by atoms with Gasteiger partial charge in [-0.25, -0.2) is 0 Å². The highest BCUT2D eigenvalue weighted by Gasteiger charge is 2.78. The molecule has 3 rings (SSSR count). The Kier molecular flexibility index (Phi) is 2.68. The third-order valence-corrected chi connectivity index (χ3v) is 6.47. The Morgan fingerprint density at radius 3 is 2.40 bits per heavy atom. The standard InChI is InChI=1S/C15H24O5/c1-7(2)8-9-12(17)20-10(8)11(16)14(4)13(3,18)5-6-15(9,14)19/h7-11,16,18-19H,5-6H2,1-4H3. The van der Waals surface area contributed by atoms with Crippen molar-refractivity contribution in [1.29, 1.82) is 0 Å². The molecule has 0 amide bonds. The zero-order valence-electron chi connectivity index (χ0n) is 12.5. The van der Waals surface area contributed by atoms with Crippen LogP contribution in [0.1, 0.15) is 40.5 Å². The predicted octanol–water partition coefficient (Wildman–Crippen LogP) is 0.457. The maximum atomic E-state index is 12.2. The summed E-state index contributed by atoms with van der Waals surface area (Å²) >= 11 is 0. The summed E-state index contributed by atoms with van der Waals surface area (Å²) in [6, 6.07) is 0. The first kappa shape index (κ1) is 14.3. The Bertz CT molecular complexity index is 459. The second-order valence-corrected chi connectivity index (χ2v) is 7.55. The van der Waals surface area contributed by atoms with Crippen LogP contribution in [-0.2, 0) is 9.53 Å². The van der Waals surface area contributed by atoms with Gasteiger partial charge >= 0.3 is 5.97 Å². The van der Waals surface area contributed by atoms with Gasteiger partial charge in [0.1, 0.15) is 12.2 Å². The fourth-order valence-corrected chi connectivity index (χ4v) is 4.99. The van der Waals surface area contributed by atoms with Crippen molar-refractivity contribution in [3.05, 3.63) is 0 Å². The number of fused-ring (bicyclic) bond motifs is 4. The number of carbonyl (C=O) groups is 1. The number of ether oxygens (including phenoxy) is 1. The lowest BCUT2D eigenvalue weighted by Crippen LogP contribution is -2.69. The molecule has 0 aromatic carbocycles. The molecule has 2 aliphatic carbocycles. The summed E-state index contributed by atoms with van der Waals surface area (Å²) in [5.74, 6) is -1.18. The molecule has 0 aromatic heterocycles. The predicted molar refractivity (Wildman–Crippen MR) is 70.6 cm³/mol. The van der Waals surface area contributed by atoms with Gasteiger partial charge in [-0.15, -0.1) is 0 Å². The number of aliphatic hydroxyl groups is 3. The van der Waals surface area contributed by atoms with Crippen LogP contribution in [0.3, 0.4) is 0 Å². The Labute approximate surface area is 118 Å². The number of rotatable bonds is 1. The van der Waals surface area contributed by atoms with Gasteiger partial charge in [0.05, 0.1) is 22.5 Å². The van der Waals surface area contributed by atoms with Crippen molar-refractivity contribution >= 4 is 5.97 Å². The van der Waals surface area contributed by atoms with Crippen LogP contribution in [0.25, 0.3) is 0 Å². The first-order valence-corrected chi connectivity index (χ1v) is 7.41. The Morgan fingerprint density at radius 2 is 1.85 bits per heavy atom. The Hall–Kier alpha value is -0.650. The van der Waals surface area contributed by atoms with Crippen LogP contribution in [0.2, 0.25) is 0 Å². The number of carbonyl (C=O) groups excluding carboxylic acids is 1. The summed E-state index contributed by atoms with van der Waals surface area (Å²) < 4.78 is 5.37. The molecule has 0 radical (unpaired) electrons. The second kappa shape index (κ2) is 3.76. The quantitative estimate of drug-likeness (QED) is 0.609. The molecule has 114 valence electrons. The molecule has 3 aliphatic rings. The lowest BCUT2D eigenvalue weighted by molar-refractivity contribution is -0.246. The molecule has 1 saturated heterocycles. The molecule has 5 heteroatoms. The molecule has 5 nitrogen and oxygen atoms in total. The van der Waals surface area contributed by atoms with Crippen LogP contribution in [0, 0.1) is 23.2 Å². The van der Waals surface area contributed by atoms with Crippen molar-refractivity contribution < 1.29 is 24.9 Å². The first-order chi connectivity index (χ1) is 9.08. The fourth-order valence-electron chi connectivity index (χ4n) is 4.99. The maximum absolute atomic E-state index is 12.2. The van der Waals surface area contributed by atoms with Gasteiger partial charge in [0.15, 0.2) is 0 Å². The molecule has 3 N–H and O–H groups in total. The van der Waals surface area contributed by atoms with E-state index in [1.807, 2.05) is 13.8 Å². The molecule has 0 spiro atoms. The molecule has 0 aromatic rings. The molecule has 7 unspecified atom stereocenters. The molecular formula is C15H24O5. The third kappa shape index (κ3) is 1.27. The van der Waals surface area contributed by atoms with E-state index < -0.39 is 40.7 Å². The summed E-state index contributed by atoms with van der Waals surface area (Å²) in [4.78, 5) is 12.2. The summed E-state index contributed by atoms with van der Waals surface area (Å²) in [5, 5.41) is 32.7. The third-order valence-electron chi connectivity index (χ3n) is 6.47. The van der Waals surface area contributed by atoms with Crippen molar-refractivity contribution in [2.45, 2.75) is 63.9 Å². The van der Waals surface area contributed by atoms with Gasteiger partial charge in [0, 0.05) is 5.92 Å². The van der Waals surface area contributed by atoms with E-state index in [2.05, 4.69) is 0 Å². The van der Waals surface area contributed by atoms with Gasteiger partial charge in [-0.05, 0) is 25.7 Å². The zero-order valence-corrected chi connectivity index (χ0v) is 12.5. The molecule has 1 aliphatic heterocycles. The van der Waals surface area contributed by atoms with E-state index in [0.29, 0.717) is 12.8 Å². The minimum atomic E-state index is -1.41. The molecule has 7 atom stereocenters. The second-order valence-electron chi connectivity index (χ2n) is 7.55. The van der Waals surface area contributed by atoms with Gasteiger partial charge in [-0.1, -0.05) is 20.8 Å².